The SMILES string of the molecule is Cc1c2nc(c(C)c3ccc(cc4cc(-c5cccc(-c6ccc(CO)cc6)c5)c([nH]4)c(C)c4nc1C=C4)[nH]3)C=C2. The van der Waals surface area contributed by atoms with E-state index in [9.17, 15) is 5.11 Å². The molecular formula is C36H30N4O. The molecule has 2 aliphatic rings. The van der Waals surface area contributed by atoms with Crippen molar-refractivity contribution in [3.05, 3.63) is 118 Å². The molecule has 7 rings (SSSR count). The molecule has 41 heavy (non-hydrogen) atoms. The minimum Gasteiger partial charge on any atom is -0.392 e. The van der Waals surface area contributed by atoms with Gasteiger partial charge in [0.15, 0.2) is 0 Å². The number of aliphatic hydroxyl groups is 1. The van der Waals surface area contributed by atoms with Gasteiger partial charge in [0, 0.05) is 27.7 Å². The monoisotopic (exact) mass is 534 g/mol. The van der Waals surface area contributed by atoms with Crippen LogP contribution in [0.4, 0.5) is 0 Å². The summed E-state index contributed by atoms with van der Waals surface area (Å²) in [7, 11) is 0. The van der Waals surface area contributed by atoms with E-state index in [1.54, 1.807) is 0 Å². The molecule has 0 unspecified atom stereocenters. The number of hydrogen-bond donors (Lipinski definition) is 3. The predicted octanol–water partition coefficient (Wildman–Crippen LogP) is 8.41. The topological polar surface area (TPSA) is 77.6 Å². The lowest BCUT2D eigenvalue weighted by Gasteiger charge is -2.07. The Morgan fingerprint density at radius 1 is 0.585 bits per heavy atom. The summed E-state index contributed by atoms with van der Waals surface area (Å²) < 4.78 is 0. The van der Waals surface area contributed by atoms with Gasteiger partial charge in [-0.25, -0.2) is 9.97 Å². The quantitative estimate of drug-likeness (QED) is 0.213. The number of rotatable bonds is 3. The normalized spacial score (nSPS) is 12.3. The Bertz CT molecular complexity index is 2060. The van der Waals surface area contributed by atoms with E-state index in [1.165, 1.54) is 0 Å². The zero-order valence-electron chi connectivity index (χ0n) is 23.3. The lowest BCUT2D eigenvalue weighted by Crippen LogP contribution is -1.88. The van der Waals surface area contributed by atoms with Crippen LogP contribution in [-0.4, -0.2) is 25.0 Å². The molecule has 200 valence electrons. The molecule has 8 bridgehead atoms. The Kier molecular flexibility index (Phi) is 6.02. The summed E-state index contributed by atoms with van der Waals surface area (Å²) in [4.78, 5) is 17.2. The molecule has 0 amide bonds. The van der Waals surface area contributed by atoms with E-state index in [4.69, 9.17) is 9.97 Å². The number of aliphatic hydroxyl groups excluding tert-OH is 1. The second kappa shape index (κ2) is 9.88. The van der Waals surface area contributed by atoms with E-state index < -0.39 is 0 Å². The van der Waals surface area contributed by atoms with Crippen molar-refractivity contribution in [3.8, 4) is 22.3 Å². The number of aryl methyl sites for hydroxylation is 2. The fourth-order valence-electron chi connectivity index (χ4n) is 5.58. The lowest BCUT2D eigenvalue weighted by molar-refractivity contribution is 0.282. The molecule has 0 spiro atoms. The van der Waals surface area contributed by atoms with E-state index in [0.29, 0.717) is 0 Å². The van der Waals surface area contributed by atoms with Crippen molar-refractivity contribution in [1.29, 1.82) is 0 Å². The highest BCUT2D eigenvalue weighted by Gasteiger charge is 2.14. The van der Waals surface area contributed by atoms with Gasteiger partial charge in [0.2, 0.25) is 0 Å². The van der Waals surface area contributed by atoms with E-state index in [1.807, 2.05) is 12.1 Å². The first kappa shape index (κ1) is 25.0. The van der Waals surface area contributed by atoms with Gasteiger partial charge < -0.3 is 15.1 Å². The maximum atomic E-state index is 9.45. The Morgan fingerprint density at radius 2 is 1.24 bits per heavy atom. The molecule has 0 radical (unpaired) electrons. The molecule has 0 saturated heterocycles. The van der Waals surface area contributed by atoms with Gasteiger partial charge in [0.1, 0.15) is 0 Å². The standard InChI is InChI=1S/C36H30N4O/c1-21-31-12-11-28(37-31)18-29-19-30(27-6-4-5-26(17-27)25-9-7-24(20-41)8-10-25)36(38-29)23(3)35-16-15-34(40-35)22(2)33-14-13-32(21)39-33/h4-19,37-38,41H,20H2,1-3H3. The number of nitrogens with one attached hydrogen (secondary N) is 2. The maximum absolute atomic E-state index is 9.45. The molecule has 0 atom stereocenters. The van der Waals surface area contributed by atoms with Crippen LogP contribution in [0.2, 0.25) is 0 Å². The zero-order valence-corrected chi connectivity index (χ0v) is 23.3. The Morgan fingerprint density at radius 3 is 1.95 bits per heavy atom. The van der Waals surface area contributed by atoms with Crippen molar-refractivity contribution in [2.24, 2.45) is 0 Å². The molecule has 5 heterocycles. The van der Waals surface area contributed by atoms with Crippen LogP contribution in [0, 0.1) is 20.8 Å². The Balaban J connectivity index is 1.50. The molecule has 2 aliphatic heterocycles. The van der Waals surface area contributed by atoms with Gasteiger partial charge in [0.05, 0.1) is 34.9 Å². The number of benzene rings is 2. The minimum atomic E-state index is 0.0420. The number of fused-ring (bicyclic) bond motifs is 8. The molecule has 5 nitrogen and oxygen atoms in total. The third-order valence-electron chi connectivity index (χ3n) is 8.10. The van der Waals surface area contributed by atoms with Crippen molar-refractivity contribution in [2.45, 2.75) is 27.4 Å². The lowest BCUT2D eigenvalue weighted by atomic mass is 9.98. The second-order valence-corrected chi connectivity index (χ2v) is 10.7. The molecule has 3 N–H and O–H groups in total. The Hall–Kier alpha value is -5.00. The molecule has 5 heteroatoms. The third-order valence-corrected chi connectivity index (χ3v) is 8.10. The summed E-state index contributed by atoms with van der Waals surface area (Å²) in [5, 5.41) is 9.45. The predicted molar refractivity (Wildman–Crippen MR) is 170 cm³/mol. The van der Waals surface area contributed by atoms with Crippen molar-refractivity contribution >= 4 is 46.4 Å². The fraction of sp³-hybridized carbons (Fsp3) is 0.111. The van der Waals surface area contributed by atoms with Gasteiger partial charge in [-0.2, -0.15) is 0 Å². The molecule has 2 aromatic carbocycles. The highest BCUT2D eigenvalue weighted by molar-refractivity contribution is 5.91. The van der Waals surface area contributed by atoms with E-state index >= 15 is 0 Å². The van der Waals surface area contributed by atoms with Crippen LogP contribution in [0.15, 0.2) is 72.8 Å². The summed E-state index contributed by atoms with van der Waals surface area (Å²) in [5.41, 5.74) is 16.5. The molecule has 0 fully saturated rings. The summed E-state index contributed by atoms with van der Waals surface area (Å²) in [6.45, 7) is 6.36. The molecule has 5 aromatic rings. The first-order valence-electron chi connectivity index (χ1n) is 13.8. The molecule has 3 aromatic heterocycles. The third kappa shape index (κ3) is 4.50. The van der Waals surface area contributed by atoms with Crippen LogP contribution >= 0.6 is 0 Å². The average molecular weight is 535 g/mol. The second-order valence-electron chi connectivity index (χ2n) is 10.7. The van der Waals surface area contributed by atoms with Crippen molar-refractivity contribution in [1.82, 2.24) is 19.9 Å². The Labute approximate surface area is 238 Å². The van der Waals surface area contributed by atoms with Crippen molar-refractivity contribution in [3.63, 3.8) is 0 Å². The summed E-state index contributed by atoms with van der Waals surface area (Å²) in [6.07, 6.45) is 8.33. The highest BCUT2D eigenvalue weighted by atomic mass is 16.3. The first-order chi connectivity index (χ1) is 20.0. The molecule has 0 aliphatic carbocycles. The largest absolute Gasteiger partial charge is 0.392 e. The molecule has 0 saturated carbocycles. The minimum absolute atomic E-state index is 0.0420. The first-order valence-corrected chi connectivity index (χ1v) is 13.8. The zero-order chi connectivity index (χ0) is 28.1. The van der Waals surface area contributed by atoms with Crippen LogP contribution in [0.1, 0.15) is 45.0 Å². The number of hydrogen-bond acceptors (Lipinski definition) is 3. The van der Waals surface area contributed by atoms with Gasteiger partial charge >= 0.3 is 0 Å². The summed E-state index contributed by atoms with van der Waals surface area (Å²) >= 11 is 0. The number of aromatic nitrogens is 4. The number of nitrogens with zero attached hydrogens (tertiary/aromatic N) is 2. The summed E-state index contributed by atoms with van der Waals surface area (Å²) in [5.74, 6) is 0. The van der Waals surface area contributed by atoms with Crippen LogP contribution in [0.3, 0.4) is 0 Å². The van der Waals surface area contributed by atoms with E-state index in [-0.39, 0.29) is 6.61 Å². The van der Waals surface area contributed by atoms with E-state index in [0.717, 1.165) is 89.4 Å². The highest BCUT2D eigenvalue weighted by Crippen LogP contribution is 2.33. The van der Waals surface area contributed by atoms with Crippen LogP contribution < -0.4 is 0 Å². The van der Waals surface area contributed by atoms with Gasteiger partial charge in [-0.1, -0.05) is 42.5 Å². The van der Waals surface area contributed by atoms with Crippen molar-refractivity contribution in [2.75, 3.05) is 0 Å². The van der Waals surface area contributed by atoms with E-state index in [2.05, 4.69) is 116 Å². The summed E-state index contributed by atoms with van der Waals surface area (Å²) in [6, 6.07) is 25.3. The van der Waals surface area contributed by atoms with Crippen LogP contribution in [-0.2, 0) is 6.61 Å². The van der Waals surface area contributed by atoms with Gasteiger partial charge in [-0.15, -0.1) is 0 Å². The van der Waals surface area contributed by atoms with Gasteiger partial charge in [0.25, 0.3) is 0 Å². The molecular weight excluding hydrogens is 504 g/mol. The van der Waals surface area contributed by atoms with Crippen LogP contribution in [0.25, 0.3) is 68.6 Å². The fourth-order valence-corrected chi connectivity index (χ4v) is 5.58. The van der Waals surface area contributed by atoms with Crippen LogP contribution in [0.5, 0.6) is 0 Å². The average Bonchev–Trinajstić information content (AvgIpc) is 3.83. The smallest absolute Gasteiger partial charge is 0.0688 e. The maximum Gasteiger partial charge on any atom is 0.0688 e. The van der Waals surface area contributed by atoms with Gasteiger partial charge in [-0.05, 0) is 109 Å². The number of H-pyrrole nitrogens is 2. The number of aromatic amines is 2. The van der Waals surface area contributed by atoms with Crippen molar-refractivity contribution < 1.29 is 5.11 Å². The van der Waals surface area contributed by atoms with Gasteiger partial charge in [-0.3, -0.25) is 0 Å².